The van der Waals surface area contributed by atoms with E-state index in [9.17, 15) is 14.9 Å². The van der Waals surface area contributed by atoms with E-state index in [1.807, 2.05) is 12.1 Å². The van der Waals surface area contributed by atoms with Crippen molar-refractivity contribution in [2.24, 2.45) is 7.05 Å². The highest BCUT2D eigenvalue weighted by Crippen LogP contribution is 2.31. The summed E-state index contributed by atoms with van der Waals surface area (Å²) >= 11 is 1.15. The Bertz CT molecular complexity index is 1200. The van der Waals surface area contributed by atoms with Crippen molar-refractivity contribution in [3.8, 4) is 0 Å². The number of aromatic amines is 1. The van der Waals surface area contributed by atoms with Gasteiger partial charge in [-0.25, -0.2) is 4.68 Å². The van der Waals surface area contributed by atoms with Crippen LogP contribution in [0.5, 0.6) is 0 Å². The van der Waals surface area contributed by atoms with Crippen molar-refractivity contribution in [3.63, 3.8) is 0 Å². The fourth-order valence-corrected chi connectivity index (χ4v) is 3.47. The molecule has 0 saturated carbocycles. The number of carbonyl (C=O) groups excluding carboxylic acids is 1. The second kappa shape index (κ2) is 7.12. The zero-order valence-corrected chi connectivity index (χ0v) is 15.3. The van der Waals surface area contributed by atoms with Crippen LogP contribution in [0.2, 0.25) is 0 Å². The fraction of sp³-hybridized carbons (Fsp3) is 0.0588. The number of hydrogen-bond donors (Lipinski definition) is 2. The Labute approximate surface area is 162 Å². The molecule has 10 nitrogen and oxygen atoms in total. The van der Waals surface area contributed by atoms with Crippen molar-refractivity contribution in [3.05, 3.63) is 64.3 Å². The highest BCUT2D eigenvalue weighted by molar-refractivity contribution is 7.99. The molecule has 2 aromatic heterocycles. The number of H-pyrrole nitrogens is 1. The van der Waals surface area contributed by atoms with Crippen LogP contribution in [-0.4, -0.2) is 36.0 Å². The Morgan fingerprint density at radius 2 is 2.11 bits per heavy atom. The van der Waals surface area contributed by atoms with E-state index < -0.39 is 10.8 Å². The Hall–Kier alpha value is -3.73. The number of aryl methyl sites for hydroxylation is 1. The van der Waals surface area contributed by atoms with Gasteiger partial charge in [-0.3, -0.25) is 14.9 Å². The summed E-state index contributed by atoms with van der Waals surface area (Å²) in [5, 5.41) is 26.6. The van der Waals surface area contributed by atoms with Gasteiger partial charge in [0.2, 0.25) is 5.16 Å². The lowest BCUT2D eigenvalue weighted by molar-refractivity contribution is -0.384. The molecule has 140 valence electrons. The third kappa shape index (κ3) is 3.42. The van der Waals surface area contributed by atoms with Crippen LogP contribution in [0.3, 0.4) is 0 Å². The number of fused-ring (bicyclic) bond motifs is 1. The Balaban J connectivity index is 1.68. The van der Waals surface area contributed by atoms with Gasteiger partial charge in [-0.15, -0.1) is 5.10 Å². The van der Waals surface area contributed by atoms with E-state index in [1.54, 1.807) is 25.4 Å². The van der Waals surface area contributed by atoms with Crippen molar-refractivity contribution >= 4 is 39.9 Å². The van der Waals surface area contributed by atoms with Gasteiger partial charge >= 0.3 is 0 Å². The SMILES string of the molecule is Cn1nnnc1Sc1ccc([N+](=O)[O-])cc1C(=O)Nc1ccc2cc[nH]c2c1. The number of nitrogens with one attached hydrogen (secondary N) is 2. The molecule has 11 heteroatoms. The van der Waals surface area contributed by atoms with Gasteiger partial charge in [-0.2, -0.15) is 0 Å². The molecule has 0 bridgehead atoms. The molecule has 2 aromatic carbocycles. The number of benzene rings is 2. The Morgan fingerprint density at radius 3 is 2.86 bits per heavy atom. The van der Waals surface area contributed by atoms with Gasteiger partial charge in [0.15, 0.2) is 0 Å². The topological polar surface area (TPSA) is 132 Å². The van der Waals surface area contributed by atoms with Gasteiger partial charge in [0.25, 0.3) is 11.6 Å². The van der Waals surface area contributed by atoms with Crippen LogP contribution in [0.1, 0.15) is 10.4 Å². The normalized spacial score (nSPS) is 10.9. The van der Waals surface area contributed by atoms with E-state index in [2.05, 4.69) is 25.8 Å². The van der Waals surface area contributed by atoms with Crippen LogP contribution in [0.4, 0.5) is 11.4 Å². The predicted octanol–water partition coefficient (Wildman–Crippen LogP) is 3.00. The maximum atomic E-state index is 12.9. The van der Waals surface area contributed by atoms with Crippen LogP contribution in [0.25, 0.3) is 10.9 Å². The van der Waals surface area contributed by atoms with Gasteiger partial charge in [0.1, 0.15) is 0 Å². The summed E-state index contributed by atoms with van der Waals surface area (Å²) in [6, 6.07) is 11.5. The molecule has 0 saturated heterocycles. The lowest BCUT2D eigenvalue weighted by Gasteiger charge is -2.10. The van der Waals surface area contributed by atoms with E-state index in [0.717, 1.165) is 22.7 Å². The third-order valence-electron chi connectivity index (χ3n) is 4.01. The van der Waals surface area contributed by atoms with Crippen LogP contribution in [0.15, 0.2) is 58.7 Å². The summed E-state index contributed by atoms with van der Waals surface area (Å²) in [5.74, 6) is -0.466. The Kier molecular flexibility index (Phi) is 4.49. The number of non-ortho nitro benzene ring substituents is 1. The molecule has 1 amide bonds. The molecular formula is C17H13N7O3S. The number of amides is 1. The van der Waals surface area contributed by atoms with Crippen molar-refractivity contribution in [1.82, 2.24) is 25.2 Å². The molecule has 2 N–H and O–H groups in total. The minimum atomic E-state index is -0.542. The first-order chi connectivity index (χ1) is 13.5. The molecule has 0 fully saturated rings. The molecule has 0 aliphatic rings. The van der Waals surface area contributed by atoms with E-state index in [4.69, 9.17) is 0 Å². The zero-order chi connectivity index (χ0) is 19.7. The predicted molar refractivity (Wildman–Crippen MR) is 102 cm³/mol. The van der Waals surface area contributed by atoms with Crippen LogP contribution in [-0.2, 0) is 7.05 Å². The van der Waals surface area contributed by atoms with Crippen LogP contribution < -0.4 is 5.32 Å². The van der Waals surface area contributed by atoms with Crippen molar-refractivity contribution < 1.29 is 9.72 Å². The van der Waals surface area contributed by atoms with Gasteiger partial charge in [-0.05, 0) is 51.8 Å². The van der Waals surface area contributed by atoms with Gasteiger partial charge < -0.3 is 10.3 Å². The minimum Gasteiger partial charge on any atom is -0.361 e. The number of tetrazole rings is 1. The number of rotatable bonds is 5. The molecule has 0 atom stereocenters. The molecule has 0 spiro atoms. The van der Waals surface area contributed by atoms with Crippen LogP contribution >= 0.6 is 11.8 Å². The summed E-state index contributed by atoms with van der Waals surface area (Å²) in [5.41, 5.74) is 1.43. The number of anilines is 1. The maximum absolute atomic E-state index is 12.9. The molecule has 28 heavy (non-hydrogen) atoms. The largest absolute Gasteiger partial charge is 0.361 e. The van der Waals surface area contributed by atoms with Crippen molar-refractivity contribution in [2.45, 2.75) is 10.1 Å². The number of nitro groups is 1. The molecule has 0 aliphatic carbocycles. The summed E-state index contributed by atoms with van der Waals surface area (Å²) < 4.78 is 1.45. The standard InChI is InChI=1S/C17H13N7O3S/c1-23-17(20-21-22-23)28-15-5-4-12(24(26)27)9-13(15)16(25)19-11-3-2-10-6-7-18-14(10)8-11/h2-9,18H,1H3,(H,19,25). The fourth-order valence-electron chi connectivity index (χ4n) is 2.63. The lowest BCUT2D eigenvalue weighted by atomic mass is 10.1. The first-order valence-corrected chi connectivity index (χ1v) is 8.90. The molecule has 4 rings (SSSR count). The van der Waals surface area contributed by atoms with Crippen molar-refractivity contribution in [2.75, 3.05) is 5.32 Å². The molecule has 0 unspecified atom stereocenters. The highest BCUT2D eigenvalue weighted by atomic mass is 32.2. The maximum Gasteiger partial charge on any atom is 0.270 e. The number of aromatic nitrogens is 5. The molecule has 2 heterocycles. The first-order valence-electron chi connectivity index (χ1n) is 8.08. The number of nitrogens with zero attached hydrogens (tertiary/aromatic N) is 5. The van der Waals surface area contributed by atoms with E-state index in [-0.39, 0.29) is 11.3 Å². The van der Waals surface area contributed by atoms with E-state index in [0.29, 0.717) is 15.7 Å². The van der Waals surface area contributed by atoms with Gasteiger partial charge in [0.05, 0.1) is 10.5 Å². The quantitative estimate of drug-likeness (QED) is 0.392. The number of hydrogen-bond acceptors (Lipinski definition) is 7. The Morgan fingerprint density at radius 1 is 1.25 bits per heavy atom. The summed E-state index contributed by atoms with van der Waals surface area (Å²) in [7, 11) is 1.67. The van der Waals surface area contributed by atoms with Crippen LogP contribution in [0, 0.1) is 10.1 Å². The minimum absolute atomic E-state index is 0.161. The summed E-state index contributed by atoms with van der Waals surface area (Å²) in [4.78, 5) is 27.1. The number of nitro benzene ring substituents is 1. The molecule has 4 aromatic rings. The van der Waals surface area contributed by atoms with Gasteiger partial charge in [0, 0.05) is 41.5 Å². The third-order valence-corrected chi connectivity index (χ3v) is 5.12. The second-order valence-corrected chi connectivity index (χ2v) is 6.87. The monoisotopic (exact) mass is 395 g/mol. The zero-order valence-electron chi connectivity index (χ0n) is 14.5. The highest BCUT2D eigenvalue weighted by Gasteiger charge is 2.19. The number of carbonyl (C=O) groups is 1. The van der Waals surface area contributed by atoms with Gasteiger partial charge in [-0.1, -0.05) is 6.07 Å². The lowest BCUT2D eigenvalue weighted by Crippen LogP contribution is -2.13. The average molecular weight is 395 g/mol. The summed E-state index contributed by atoms with van der Waals surface area (Å²) in [6.07, 6.45) is 1.81. The average Bonchev–Trinajstić information content (AvgIpc) is 3.30. The molecular weight excluding hydrogens is 382 g/mol. The van der Waals surface area contributed by atoms with E-state index >= 15 is 0 Å². The molecule has 0 radical (unpaired) electrons. The smallest absolute Gasteiger partial charge is 0.270 e. The second-order valence-electron chi connectivity index (χ2n) is 5.86. The molecule has 0 aliphatic heterocycles. The summed E-state index contributed by atoms with van der Waals surface area (Å²) in [6.45, 7) is 0. The first kappa shape index (κ1) is 17.7. The van der Waals surface area contributed by atoms with Crippen molar-refractivity contribution in [1.29, 1.82) is 0 Å². The van der Waals surface area contributed by atoms with E-state index in [1.165, 1.54) is 22.9 Å².